The third kappa shape index (κ3) is 5.62. The molecule has 1 atom stereocenters. The summed E-state index contributed by atoms with van der Waals surface area (Å²) in [6, 6.07) is 19.8. The second-order valence-electron chi connectivity index (χ2n) is 5.35. The van der Waals surface area contributed by atoms with Gasteiger partial charge in [-0.15, -0.1) is 0 Å². The minimum Gasteiger partial charge on any atom is -0.486 e. The first kappa shape index (κ1) is 16.8. The number of benzene rings is 2. The molecule has 0 fully saturated rings. The molecule has 0 aliphatic heterocycles. The normalized spacial score (nSPS) is 12.5. The highest BCUT2D eigenvalue weighted by Gasteiger charge is 2.14. The molecule has 23 heavy (non-hydrogen) atoms. The van der Waals surface area contributed by atoms with E-state index < -0.39 is 6.10 Å². The highest BCUT2D eigenvalue weighted by Crippen LogP contribution is 2.13. The van der Waals surface area contributed by atoms with Gasteiger partial charge in [-0.1, -0.05) is 60.7 Å². The molecular formula is C20H22O3. The average Bonchev–Trinajstić information content (AvgIpc) is 2.61. The molecule has 2 aromatic rings. The zero-order valence-corrected chi connectivity index (χ0v) is 13.6. The van der Waals surface area contributed by atoms with Crippen molar-refractivity contribution in [2.75, 3.05) is 6.61 Å². The van der Waals surface area contributed by atoms with Crippen LogP contribution in [0.5, 0.6) is 0 Å². The van der Waals surface area contributed by atoms with E-state index in [0.29, 0.717) is 13.0 Å². The van der Waals surface area contributed by atoms with Crippen LogP contribution < -0.4 is 0 Å². The molecule has 3 heteroatoms. The van der Waals surface area contributed by atoms with Crippen LogP contribution in [0.3, 0.4) is 0 Å². The summed E-state index contributed by atoms with van der Waals surface area (Å²) in [5.74, 6) is -0.349. The lowest BCUT2D eigenvalue weighted by Gasteiger charge is -2.12. The molecule has 120 valence electrons. The molecule has 1 unspecified atom stereocenters. The second-order valence-corrected chi connectivity index (χ2v) is 5.35. The third-order valence-corrected chi connectivity index (χ3v) is 3.49. The summed E-state index contributed by atoms with van der Waals surface area (Å²) >= 11 is 0. The second kappa shape index (κ2) is 8.79. The lowest BCUT2D eigenvalue weighted by atomic mass is 10.1. The van der Waals surface area contributed by atoms with Crippen molar-refractivity contribution in [3.8, 4) is 0 Å². The predicted octanol–water partition coefficient (Wildman–Crippen LogP) is 4.24. The lowest BCUT2D eigenvalue weighted by molar-refractivity contribution is -0.152. The zero-order valence-electron chi connectivity index (χ0n) is 13.6. The highest BCUT2D eigenvalue weighted by molar-refractivity contribution is 5.74. The molecule has 0 saturated carbocycles. The van der Waals surface area contributed by atoms with Gasteiger partial charge in [-0.25, -0.2) is 4.79 Å². The fraction of sp³-hybridized carbons (Fsp3) is 0.250. The van der Waals surface area contributed by atoms with E-state index in [2.05, 4.69) is 0 Å². The fourth-order valence-corrected chi connectivity index (χ4v) is 2.06. The molecule has 2 rings (SSSR count). The summed E-state index contributed by atoms with van der Waals surface area (Å²) < 4.78 is 10.7. The average molecular weight is 310 g/mol. The number of hydrogen-bond donors (Lipinski definition) is 0. The Kier molecular flexibility index (Phi) is 6.42. The van der Waals surface area contributed by atoms with E-state index >= 15 is 0 Å². The van der Waals surface area contributed by atoms with E-state index in [1.807, 2.05) is 67.6 Å². The van der Waals surface area contributed by atoms with Crippen molar-refractivity contribution in [1.82, 2.24) is 0 Å². The summed E-state index contributed by atoms with van der Waals surface area (Å²) in [4.78, 5) is 11.9. The van der Waals surface area contributed by atoms with Gasteiger partial charge in [0.15, 0.2) is 6.10 Å². The van der Waals surface area contributed by atoms with E-state index in [1.165, 1.54) is 0 Å². The van der Waals surface area contributed by atoms with Gasteiger partial charge in [0.25, 0.3) is 0 Å². The SMILES string of the molecule is CC(=COC(C)C(=O)OCCc1ccccc1)c1ccccc1. The van der Waals surface area contributed by atoms with Crippen molar-refractivity contribution < 1.29 is 14.3 Å². The minimum absolute atomic E-state index is 0.349. The van der Waals surface area contributed by atoms with Crippen molar-refractivity contribution in [1.29, 1.82) is 0 Å². The van der Waals surface area contributed by atoms with E-state index in [9.17, 15) is 4.79 Å². The number of rotatable bonds is 7. The maximum Gasteiger partial charge on any atom is 0.347 e. The van der Waals surface area contributed by atoms with Crippen LogP contribution in [0.1, 0.15) is 25.0 Å². The molecule has 0 spiro atoms. The molecule has 0 saturated heterocycles. The summed E-state index contributed by atoms with van der Waals surface area (Å²) in [5.41, 5.74) is 3.18. The Morgan fingerprint density at radius 2 is 1.65 bits per heavy atom. The molecule has 0 radical (unpaired) electrons. The molecular weight excluding hydrogens is 288 g/mol. The Balaban J connectivity index is 1.76. The van der Waals surface area contributed by atoms with Crippen molar-refractivity contribution in [2.24, 2.45) is 0 Å². The summed E-state index contributed by atoms with van der Waals surface area (Å²) in [7, 11) is 0. The lowest BCUT2D eigenvalue weighted by Crippen LogP contribution is -2.22. The van der Waals surface area contributed by atoms with Crippen LogP contribution in [-0.4, -0.2) is 18.7 Å². The number of esters is 1. The molecule has 0 bridgehead atoms. The van der Waals surface area contributed by atoms with Crippen molar-refractivity contribution in [2.45, 2.75) is 26.4 Å². The first-order valence-electron chi connectivity index (χ1n) is 7.75. The summed E-state index contributed by atoms with van der Waals surface area (Å²) in [6.45, 7) is 4.00. The van der Waals surface area contributed by atoms with E-state index in [1.54, 1.807) is 13.2 Å². The van der Waals surface area contributed by atoms with Gasteiger partial charge in [0.1, 0.15) is 0 Å². The van der Waals surface area contributed by atoms with Crippen LogP contribution in [0.25, 0.3) is 5.57 Å². The Morgan fingerprint density at radius 3 is 2.30 bits per heavy atom. The number of hydrogen-bond acceptors (Lipinski definition) is 3. The smallest absolute Gasteiger partial charge is 0.347 e. The van der Waals surface area contributed by atoms with Crippen LogP contribution in [0.2, 0.25) is 0 Å². The molecule has 0 aliphatic carbocycles. The predicted molar refractivity (Wildman–Crippen MR) is 91.7 cm³/mol. The molecule has 0 heterocycles. The van der Waals surface area contributed by atoms with Crippen LogP contribution >= 0.6 is 0 Å². The van der Waals surface area contributed by atoms with Gasteiger partial charge in [-0.3, -0.25) is 0 Å². The van der Waals surface area contributed by atoms with E-state index in [-0.39, 0.29) is 5.97 Å². The molecule has 0 aliphatic rings. The van der Waals surface area contributed by atoms with Crippen LogP contribution in [0.4, 0.5) is 0 Å². The molecule has 2 aromatic carbocycles. The largest absolute Gasteiger partial charge is 0.486 e. The first-order chi connectivity index (χ1) is 11.2. The maximum absolute atomic E-state index is 11.9. The van der Waals surface area contributed by atoms with Gasteiger partial charge in [0.05, 0.1) is 12.9 Å². The Bertz CT molecular complexity index is 632. The van der Waals surface area contributed by atoms with Gasteiger partial charge in [-0.05, 0) is 30.5 Å². The Hall–Kier alpha value is -2.55. The van der Waals surface area contributed by atoms with Gasteiger partial charge >= 0.3 is 5.97 Å². The Labute approximate surface area is 137 Å². The number of ether oxygens (including phenoxy) is 2. The van der Waals surface area contributed by atoms with E-state index in [4.69, 9.17) is 9.47 Å². The third-order valence-electron chi connectivity index (χ3n) is 3.49. The van der Waals surface area contributed by atoms with Gasteiger partial charge < -0.3 is 9.47 Å². The molecule has 0 aromatic heterocycles. The zero-order chi connectivity index (χ0) is 16.5. The van der Waals surface area contributed by atoms with Gasteiger partial charge in [0.2, 0.25) is 0 Å². The topological polar surface area (TPSA) is 35.5 Å². The minimum atomic E-state index is -0.621. The van der Waals surface area contributed by atoms with Crippen LogP contribution in [0.15, 0.2) is 66.9 Å². The van der Waals surface area contributed by atoms with Crippen LogP contribution in [-0.2, 0) is 20.7 Å². The summed E-state index contributed by atoms with van der Waals surface area (Å²) in [5, 5.41) is 0. The van der Waals surface area contributed by atoms with Crippen LogP contribution in [0, 0.1) is 0 Å². The molecule has 0 amide bonds. The quantitative estimate of drug-likeness (QED) is 0.567. The highest BCUT2D eigenvalue weighted by atomic mass is 16.6. The monoisotopic (exact) mass is 310 g/mol. The standard InChI is InChI=1S/C20H22O3/c1-16(19-11-7-4-8-12-19)15-23-17(2)20(21)22-14-13-18-9-5-3-6-10-18/h3-12,15,17H,13-14H2,1-2H3. The van der Waals surface area contributed by atoms with Gasteiger partial charge in [0, 0.05) is 6.42 Å². The number of carbonyl (C=O) groups excluding carboxylic acids is 1. The van der Waals surface area contributed by atoms with Gasteiger partial charge in [-0.2, -0.15) is 0 Å². The Morgan fingerprint density at radius 1 is 1.04 bits per heavy atom. The number of carbonyl (C=O) groups is 1. The fourth-order valence-electron chi connectivity index (χ4n) is 2.06. The van der Waals surface area contributed by atoms with E-state index in [0.717, 1.165) is 16.7 Å². The number of allylic oxidation sites excluding steroid dienone is 1. The molecule has 0 N–H and O–H groups in total. The van der Waals surface area contributed by atoms with Crippen molar-refractivity contribution in [3.63, 3.8) is 0 Å². The summed E-state index contributed by atoms with van der Waals surface area (Å²) in [6.07, 6.45) is 1.70. The molecule has 3 nitrogen and oxygen atoms in total. The first-order valence-corrected chi connectivity index (χ1v) is 7.75. The van der Waals surface area contributed by atoms with Crippen molar-refractivity contribution in [3.05, 3.63) is 78.1 Å². The maximum atomic E-state index is 11.9. The van der Waals surface area contributed by atoms with Crippen molar-refractivity contribution >= 4 is 11.5 Å².